The number of allylic oxidation sites excluding steroid dienone is 2. The summed E-state index contributed by atoms with van der Waals surface area (Å²) in [7, 11) is 0. The lowest BCUT2D eigenvalue weighted by Gasteiger charge is -2.38. The summed E-state index contributed by atoms with van der Waals surface area (Å²) >= 11 is 0. The van der Waals surface area contributed by atoms with Gasteiger partial charge in [-0.15, -0.1) is 0 Å². The van der Waals surface area contributed by atoms with Crippen LogP contribution in [0.15, 0.2) is 42.5 Å². The van der Waals surface area contributed by atoms with Crippen molar-refractivity contribution in [2.45, 2.75) is 6.42 Å². The Morgan fingerprint density at radius 3 is 2.17 bits per heavy atom. The predicted octanol–water partition coefficient (Wildman–Crippen LogP) is 1.86. The van der Waals surface area contributed by atoms with E-state index in [-0.39, 0.29) is 23.7 Å². The average molecular weight is 326 g/mol. The van der Waals surface area contributed by atoms with Crippen LogP contribution >= 0.6 is 0 Å². The van der Waals surface area contributed by atoms with Gasteiger partial charge in [0.2, 0.25) is 5.91 Å². The minimum absolute atomic E-state index is 0.0342. The van der Waals surface area contributed by atoms with Gasteiger partial charge < -0.3 is 14.9 Å². The van der Waals surface area contributed by atoms with Gasteiger partial charge in [0.1, 0.15) is 0 Å². The first-order valence-corrected chi connectivity index (χ1v) is 8.65. The monoisotopic (exact) mass is 326 g/mol. The van der Waals surface area contributed by atoms with E-state index in [4.69, 9.17) is 0 Å². The number of para-hydroxylation sites is 1. The maximum absolute atomic E-state index is 13.0. The van der Waals surface area contributed by atoms with Crippen LogP contribution in [0.1, 0.15) is 6.42 Å². The largest absolute Gasteiger partial charge is 0.481 e. The number of carbonyl (C=O) groups is 2. The third-order valence-electron chi connectivity index (χ3n) is 5.74. The Hall–Kier alpha value is -2.30. The minimum Gasteiger partial charge on any atom is -0.481 e. The number of amides is 1. The molecule has 1 aliphatic heterocycles. The molecule has 5 heteroatoms. The van der Waals surface area contributed by atoms with E-state index >= 15 is 0 Å². The van der Waals surface area contributed by atoms with Crippen molar-refractivity contribution in [3.63, 3.8) is 0 Å². The number of rotatable bonds is 3. The molecule has 1 N–H and O–H groups in total. The van der Waals surface area contributed by atoms with Crippen LogP contribution in [-0.2, 0) is 9.59 Å². The first-order valence-electron chi connectivity index (χ1n) is 8.65. The number of fused-ring (bicyclic) bond motifs is 2. The molecule has 0 radical (unpaired) electrons. The Morgan fingerprint density at radius 1 is 0.917 bits per heavy atom. The van der Waals surface area contributed by atoms with Gasteiger partial charge in [-0.1, -0.05) is 30.4 Å². The van der Waals surface area contributed by atoms with Crippen molar-refractivity contribution in [2.75, 3.05) is 31.1 Å². The normalized spacial score (nSPS) is 31.5. The zero-order valence-electron chi connectivity index (χ0n) is 13.5. The van der Waals surface area contributed by atoms with E-state index in [1.165, 1.54) is 5.69 Å². The smallest absolute Gasteiger partial charge is 0.307 e. The van der Waals surface area contributed by atoms with Gasteiger partial charge in [-0.2, -0.15) is 0 Å². The SMILES string of the molecule is O=C(O)[C@@H]1[C@@H](C(=O)N2CCN(c3ccccc3)CC2)[C@H]2C=C[C@@H]1C2. The summed E-state index contributed by atoms with van der Waals surface area (Å²) < 4.78 is 0. The number of aliphatic carboxylic acids is 1. The van der Waals surface area contributed by atoms with Gasteiger partial charge in [-0.3, -0.25) is 9.59 Å². The van der Waals surface area contributed by atoms with Gasteiger partial charge in [-0.25, -0.2) is 0 Å². The zero-order valence-corrected chi connectivity index (χ0v) is 13.5. The summed E-state index contributed by atoms with van der Waals surface area (Å²) in [5.74, 6) is -1.57. The Balaban J connectivity index is 1.43. The van der Waals surface area contributed by atoms with Crippen LogP contribution in [0.4, 0.5) is 5.69 Å². The molecule has 1 aromatic carbocycles. The second-order valence-electron chi connectivity index (χ2n) is 6.99. The lowest BCUT2D eigenvalue weighted by Crippen LogP contribution is -2.52. The van der Waals surface area contributed by atoms with Crippen molar-refractivity contribution in [3.8, 4) is 0 Å². The Labute approximate surface area is 141 Å². The van der Waals surface area contributed by atoms with E-state index in [9.17, 15) is 14.7 Å². The summed E-state index contributed by atoms with van der Waals surface area (Å²) in [4.78, 5) is 28.7. The predicted molar refractivity (Wildman–Crippen MR) is 90.6 cm³/mol. The molecular weight excluding hydrogens is 304 g/mol. The third kappa shape index (κ3) is 2.48. The van der Waals surface area contributed by atoms with E-state index in [0.717, 1.165) is 19.5 Å². The fourth-order valence-corrected chi connectivity index (χ4v) is 4.53. The molecule has 0 aromatic heterocycles. The molecule has 2 fully saturated rings. The Bertz CT molecular complexity index is 664. The van der Waals surface area contributed by atoms with E-state index in [0.29, 0.717) is 13.1 Å². The highest BCUT2D eigenvalue weighted by Crippen LogP contribution is 2.48. The van der Waals surface area contributed by atoms with Crippen molar-refractivity contribution >= 4 is 17.6 Å². The number of benzene rings is 1. The van der Waals surface area contributed by atoms with Crippen LogP contribution in [0.3, 0.4) is 0 Å². The van der Waals surface area contributed by atoms with Crippen LogP contribution in [0.5, 0.6) is 0 Å². The number of carboxylic acids is 1. The van der Waals surface area contributed by atoms with Crippen LogP contribution in [-0.4, -0.2) is 48.1 Å². The second kappa shape index (κ2) is 5.96. The fourth-order valence-electron chi connectivity index (χ4n) is 4.53. The molecular formula is C19H22N2O3. The molecule has 4 atom stereocenters. The molecule has 5 nitrogen and oxygen atoms in total. The summed E-state index contributed by atoms with van der Waals surface area (Å²) in [6.07, 6.45) is 4.85. The topological polar surface area (TPSA) is 60.9 Å². The highest BCUT2D eigenvalue weighted by Gasteiger charge is 2.52. The molecule has 2 aliphatic carbocycles. The molecule has 24 heavy (non-hydrogen) atoms. The maximum Gasteiger partial charge on any atom is 0.307 e. The minimum atomic E-state index is -0.826. The van der Waals surface area contributed by atoms with Crippen LogP contribution in [0.2, 0.25) is 0 Å². The Kier molecular flexibility index (Phi) is 3.79. The summed E-state index contributed by atoms with van der Waals surface area (Å²) in [6, 6.07) is 10.2. The van der Waals surface area contributed by atoms with E-state index in [1.807, 2.05) is 35.3 Å². The number of nitrogens with zero attached hydrogens (tertiary/aromatic N) is 2. The molecule has 2 bridgehead atoms. The molecule has 4 rings (SSSR count). The lowest BCUT2D eigenvalue weighted by molar-refractivity contribution is -0.151. The molecule has 0 unspecified atom stereocenters. The third-order valence-corrected chi connectivity index (χ3v) is 5.74. The maximum atomic E-state index is 13.0. The number of anilines is 1. The zero-order chi connectivity index (χ0) is 16.7. The van der Waals surface area contributed by atoms with Crippen molar-refractivity contribution in [1.82, 2.24) is 4.90 Å². The van der Waals surface area contributed by atoms with Gasteiger partial charge in [-0.05, 0) is 30.4 Å². The van der Waals surface area contributed by atoms with Crippen LogP contribution in [0.25, 0.3) is 0 Å². The van der Waals surface area contributed by atoms with Crippen LogP contribution < -0.4 is 4.90 Å². The molecule has 126 valence electrons. The first-order chi connectivity index (χ1) is 11.6. The lowest BCUT2D eigenvalue weighted by atomic mass is 9.82. The van der Waals surface area contributed by atoms with Crippen molar-refractivity contribution in [1.29, 1.82) is 0 Å². The average Bonchev–Trinajstić information content (AvgIpc) is 3.23. The number of carboxylic acid groups (broad SMARTS) is 1. The highest BCUT2D eigenvalue weighted by molar-refractivity contribution is 5.87. The quantitative estimate of drug-likeness (QED) is 0.861. The first kappa shape index (κ1) is 15.2. The fraction of sp³-hybridized carbons (Fsp3) is 0.474. The molecule has 1 saturated carbocycles. The van der Waals surface area contributed by atoms with Crippen molar-refractivity contribution in [2.24, 2.45) is 23.7 Å². The van der Waals surface area contributed by atoms with Crippen LogP contribution in [0, 0.1) is 23.7 Å². The molecule has 1 heterocycles. The van der Waals surface area contributed by atoms with Gasteiger partial charge in [0.25, 0.3) is 0 Å². The molecule has 1 saturated heterocycles. The van der Waals surface area contributed by atoms with Gasteiger partial charge in [0.15, 0.2) is 0 Å². The van der Waals surface area contributed by atoms with E-state index in [1.54, 1.807) is 0 Å². The second-order valence-corrected chi connectivity index (χ2v) is 6.99. The molecule has 1 amide bonds. The van der Waals surface area contributed by atoms with E-state index < -0.39 is 11.9 Å². The van der Waals surface area contributed by atoms with Gasteiger partial charge in [0, 0.05) is 31.9 Å². The summed E-state index contributed by atoms with van der Waals surface area (Å²) in [5.41, 5.74) is 1.18. The van der Waals surface area contributed by atoms with Gasteiger partial charge in [0.05, 0.1) is 11.8 Å². The molecule has 1 aromatic rings. The number of hydrogen-bond donors (Lipinski definition) is 1. The van der Waals surface area contributed by atoms with Gasteiger partial charge >= 0.3 is 5.97 Å². The Morgan fingerprint density at radius 2 is 1.54 bits per heavy atom. The number of piperazine rings is 1. The standard InChI is InChI=1S/C19H22N2O3/c22-18(16-13-6-7-14(12-13)17(16)19(23)24)21-10-8-20(9-11-21)15-4-2-1-3-5-15/h1-7,13-14,16-17H,8-12H2,(H,23,24)/t13-,14+,16-,17-/m0/s1. The van der Waals surface area contributed by atoms with Crippen molar-refractivity contribution in [3.05, 3.63) is 42.5 Å². The summed E-state index contributed by atoms with van der Waals surface area (Å²) in [5, 5.41) is 9.53. The molecule has 3 aliphatic rings. The van der Waals surface area contributed by atoms with E-state index in [2.05, 4.69) is 17.0 Å². The number of carbonyl (C=O) groups excluding carboxylic acids is 1. The van der Waals surface area contributed by atoms with Crippen molar-refractivity contribution < 1.29 is 14.7 Å². The number of hydrogen-bond acceptors (Lipinski definition) is 3. The summed E-state index contributed by atoms with van der Waals surface area (Å²) in [6.45, 7) is 2.92. The molecule has 0 spiro atoms. The highest BCUT2D eigenvalue weighted by atomic mass is 16.4.